The number of benzene rings is 2. The molecule has 2 rings (SSSR count). The molecule has 0 fully saturated rings. The van der Waals surface area contributed by atoms with Gasteiger partial charge in [0.1, 0.15) is 0 Å². The fourth-order valence-corrected chi connectivity index (χ4v) is 3.48. The first-order chi connectivity index (χ1) is 9.44. The highest BCUT2D eigenvalue weighted by molar-refractivity contribution is 7.92. The van der Waals surface area contributed by atoms with Gasteiger partial charge in [-0.2, -0.15) is 0 Å². The first-order valence-electron chi connectivity index (χ1n) is 6.41. The summed E-state index contributed by atoms with van der Waals surface area (Å²) in [4.78, 5) is 0.239. The Kier molecular flexibility index (Phi) is 3.99. The average molecular weight is 290 g/mol. The van der Waals surface area contributed by atoms with Crippen LogP contribution in [0.15, 0.2) is 47.4 Å². The monoisotopic (exact) mass is 290 g/mol. The van der Waals surface area contributed by atoms with Gasteiger partial charge in [-0.25, -0.2) is 8.42 Å². The third-order valence-corrected chi connectivity index (χ3v) is 4.60. The summed E-state index contributed by atoms with van der Waals surface area (Å²) in [5.74, 6) is 0. The summed E-state index contributed by atoms with van der Waals surface area (Å²) in [6.07, 6.45) is 0.629. The van der Waals surface area contributed by atoms with Gasteiger partial charge in [0, 0.05) is 5.69 Å². The molecule has 0 atom stereocenters. The van der Waals surface area contributed by atoms with E-state index in [1.165, 1.54) is 6.07 Å². The van der Waals surface area contributed by atoms with E-state index in [2.05, 4.69) is 4.72 Å². The fraction of sp³-hybridized carbons (Fsp3) is 0.200. The molecule has 3 N–H and O–H groups in total. The van der Waals surface area contributed by atoms with Crippen molar-refractivity contribution in [1.29, 1.82) is 0 Å². The van der Waals surface area contributed by atoms with Gasteiger partial charge in [0.2, 0.25) is 0 Å². The minimum atomic E-state index is -3.63. The van der Waals surface area contributed by atoms with Crippen LogP contribution in [0.2, 0.25) is 0 Å². The second kappa shape index (κ2) is 5.54. The predicted octanol–water partition coefficient (Wildman–Crippen LogP) is 2.94. The molecular weight excluding hydrogens is 272 g/mol. The molecule has 106 valence electrons. The van der Waals surface area contributed by atoms with Crippen molar-refractivity contribution in [3.05, 3.63) is 53.6 Å². The van der Waals surface area contributed by atoms with Gasteiger partial charge in [-0.15, -0.1) is 0 Å². The van der Waals surface area contributed by atoms with E-state index in [0.29, 0.717) is 17.8 Å². The van der Waals surface area contributed by atoms with E-state index in [4.69, 9.17) is 5.73 Å². The second-order valence-electron chi connectivity index (χ2n) is 4.64. The zero-order chi connectivity index (χ0) is 14.8. The Labute approximate surface area is 119 Å². The van der Waals surface area contributed by atoms with Gasteiger partial charge in [0.15, 0.2) is 0 Å². The van der Waals surface area contributed by atoms with Crippen LogP contribution in [0.5, 0.6) is 0 Å². The van der Waals surface area contributed by atoms with Crippen molar-refractivity contribution in [3.63, 3.8) is 0 Å². The van der Waals surface area contributed by atoms with Crippen LogP contribution in [-0.2, 0) is 16.4 Å². The summed E-state index contributed by atoms with van der Waals surface area (Å²) in [5, 5.41) is 0. The number of hydrogen-bond donors (Lipinski definition) is 2. The van der Waals surface area contributed by atoms with Crippen molar-refractivity contribution in [2.75, 3.05) is 10.5 Å². The quantitative estimate of drug-likeness (QED) is 0.850. The molecule has 0 aliphatic heterocycles. The summed E-state index contributed by atoms with van der Waals surface area (Å²) in [6.45, 7) is 3.77. The van der Waals surface area contributed by atoms with E-state index in [1.807, 2.05) is 26.0 Å². The number of sulfonamides is 1. The van der Waals surface area contributed by atoms with Gasteiger partial charge >= 0.3 is 0 Å². The molecule has 0 unspecified atom stereocenters. The Morgan fingerprint density at radius 1 is 1.15 bits per heavy atom. The highest BCUT2D eigenvalue weighted by Gasteiger charge is 2.18. The molecule has 2 aromatic carbocycles. The highest BCUT2D eigenvalue weighted by Crippen LogP contribution is 2.24. The summed E-state index contributed by atoms with van der Waals surface area (Å²) in [6, 6.07) is 12.2. The van der Waals surface area contributed by atoms with Crippen LogP contribution in [0.3, 0.4) is 0 Å². The van der Waals surface area contributed by atoms with Crippen LogP contribution in [0.1, 0.15) is 18.1 Å². The van der Waals surface area contributed by atoms with Gasteiger partial charge in [-0.05, 0) is 42.7 Å². The van der Waals surface area contributed by atoms with Crippen molar-refractivity contribution >= 4 is 21.4 Å². The maximum absolute atomic E-state index is 12.5. The van der Waals surface area contributed by atoms with Crippen molar-refractivity contribution < 1.29 is 8.42 Å². The molecule has 2 aromatic rings. The van der Waals surface area contributed by atoms with Crippen LogP contribution in [0.25, 0.3) is 0 Å². The molecule has 0 amide bonds. The smallest absolute Gasteiger partial charge is 0.262 e. The lowest BCUT2D eigenvalue weighted by Gasteiger charge is -2.13. The molecule has 0 aliphatic rings. The Bertz CT molecular complexity index is 724. The highest BCUT2D eigenvalue weighted by atomic mass is 32.2. The number of anilines is 2. The van der Waals surface area contributed by atoms with Crippen molar-refractivity contribution in [1.82, 2.24) is 0 Å². The Morgan fingerprint density at radius 2 is 1.85 bits per heavy atom. The molecule has 0 radical (unpaired) electrons. The van der Waals surface area contributed by atoms with Gasteiger partial charge in [0.05, 0.1) is 10.6 Å². The number of hydrogen-bond acceptors (Lipinski definition) is 3. The van der Waals surface area contributed by atoms with Gasteiger partial charge < -0.3 is 5.73 Å². The number of nitrogen functional groups attached to an aromatic ring is 1. The molecule has 5 heteroatoms. The number of para-hydroxylation sites is 1. The van der Waals surface area contributed by atoms with Crippen LogP contribution >= 0.6 is 0 Å². The summed E-state index contributed by atoms with van der Waals surface area (Å²) in [7, 11) is -3.63. The van der Waals surface area contributed by atoms with E-state index >= 15 is 0 Å². The number of nitrogens with one attached hydrogen (secondary N) is 1. The Hall–Kier alpha value is -2.01. The lowest BCUT2D eigenvalue weighted by atomic mass is 10.1. The largest absolute Gasteiger partial charge is 0.399 e. The van der Waals surface area contributed by atoms with Gasteiger partial charge in [-0.1, -0.05) is 31.2 Å². The number of rotatable bonds is 4. The topological polar surface area (TPSA) is 72.2 Å². The third-order valence-electron chi connectivity index (χ3n) is 3.15. The summed E-state index contributed by atoms with van der Waals surface area (Å²) >= 11 is 0. The molecule has 0 heterocycles. The van der Waals surface area contributed by atoms with Gasteiger partial charge in [-0.3, -0.25) is 4.72 Å². The van der Waals surface area contributed by atoms with E-state index in [9.17, 15) is 8.42 Å². The maximum Gasteiger partial charge on any atom is 0.262 e. The normalized spacial score (nSPS) is 11.3. The van der Waals surface area contributed by atoms with Crippen LogP contribution in [0, 0.1) is 6.92 Å². The maximum atomic E-state index is 12.5. The molecule has 0 bridgehead atoms. The van der Waals surface area contributed by atoms with Crippen LogP contribution in [-0.4, -0.2) is 8.42 Å². The molecule has 0 saturated heterocycles. The summed E-state index contributed by atoms with van der Waals surface area (Å²) < 4.78 is 27.7. The van der Waals surface area contributed by atoms with Gasteiger partial charge in [0.25, 0.3) is 10.0 Å². The number of aryl methyl sites for hydroxylation is 2. The molecule has 0 aromatic heterocycles. The zero-order valence-electron chi connectivity index (χ0n) is 11.6. The molecular formula is C15H18N2O2S. The minimum Gasteiger partial charge on any atom is -0.399 e. The van der Waals surface area contributed by atoms with E-state index < -0.39 is 10.0 Å². The summed E-state index contributed by atoms with van der Waals surface area (Å²) in [5.41, 5.74) is 8.35. The molecule has 0 saturated carbocycles. The first kappa shape index (κ1) is 14.4. The Morgan fingerprint density at radius 3 is 2.50 bits per heavy atom. The lowest BCUT2D eigenvalue weighted by Crippen LogP contribution is -2.16. The third kappa shape index (κ3) is 2.93. The van der Waals surface area contributed by atoms with Crippen molar-refractivity contribution in [2.24, 2.45) is 0 Å². The molecule has 0 spiro atoms. The van der Waals surface area contributed by atoms with Crippen molar-refractivity contribution in [2.45, 2.75) is 25.2 Å². The van der Waals surface area contributed by atoms with E-state index in [0.717, 1.165) is 11.1 Å². The number of nitrogens with two attached hydrogens (primary N) is 1. The SMILES string of the molecule is CCc1ccc(N)cc1S(=O)(=O)Nc1ccccc1C. The Balaban J connectivity index is 2.46. The molecule has 20 heavy (non-hydrogen) atoms. The van der Waals surface area contributed by atoms with E-state index in [-0.39, 0.29) is 4.90 Å². The average Bonchev–Trinajstić information content (AvgIpc) is 2.41. The van der Waals surface area contributed by atoms with E-state index in [1.54, 1.807) is 24.3 Å². The zero-order valence-corrected chi connectivity index (χ0v) is 12.4. The molecule has 4 nitrogen and oxygen atoms in total. The minimum absolute atomic E-state index is 0.239. The van der Waals surface area contributed by atoms with Crippen LogP contribution in [0.4, 0.5) is 11.4 Å². The predicted molar refractivity (Wildman–Crippen MR) is 82.2 cm³/mol. The second-order valence-corrected chi connectivity index (χ2v) is 6.29. The fourth-order valence-electron chi connectivity index (χ4n) is 2.00. The lowest BCUT2D eigenvalue weighted by molar-refractivity contribution is 0.600. The van der Waals surface area contributed by atoms with Crippen molar-refractivity contribution in [3.8, 4) is 0 Å². The standard InChI is InChI=1S/C15H18N2O2S/c1-3-12-8-9-13(16)10-15(12)20(18,19)17-14-7-5-4-6-11(14)2/h4-10,17H,3,16H2,1-2H3. The van der Waals surface area contributed by atoms with Crippen LogP contribution < -0.4 is 10.5 Å². The first-order valence-corrected chi connectivity index (χ1v) is 7.89. The molecule has 0 aliphatic carbocycles.